The van der Waals surface area contributed by atoms with Crippen LogP contribution >= 0.6 is 22.6 Å². The highest BCUT2D eigenvalue weighted by molar-refractivity contribution is 14.1. The van der Waals surface area contributed by atoms with Gasteiger partial charge in [0.05, 0.1) is 6.21 Å². The number of hydrazone groups is 1. The number of nitrogens with one attached hydrogen (secondary N) is 1. The van der Waals surface area contributed by atoms with E-state index in [1.54, 1.807) is 12.1 Å². The average molecular weight is 384 g/mol. The lowest BCUT2D eigenvalue weighted by molar-refractivity contribution is -0.123. The van der Waals surface area contributed by atoms with E-state index in [0.717, 1.165) is 9.33 Å². The first-order chi connectivity index (χ1) is 9.63. The molecule has 5 nitrogen and oxygen atoms in total. The molecule has 6 heteroatoms. The van der Waals surface area contributed by atoms with Gasteiger partial charge in [0.15, 0.2) is 10.4 Å². The molecule has 0 aliphatic rings. The molecule has 20 heavy (non-hydrogen) atoms. The quantitative estimate of drug-likeness (QED) is 0.490. The third-order valence-electron chi connectivity index (χ3n) is 2.33. The van der Waals surface area contributed by atoms with Crippen LogP contribution in [0.1, 0.15) is 11.3 Å². The Morgan fingerprint density at radius 2 is 2.30 bits per heavy atom. The van der Waals surface area contributed by atoms with Gasteiger partial charge in [0.2, 0.25) is 0 Å². The molecule has 0 unspecified atom stereocenters. The molecule has 0 radical (unpaired) electrons. The Morgan fingerprint density at radius 3 is 3.00 bits per heavy atom. The number of amides is 1. The van der Waals surface area contributed by atoms with E-state index in [9.17, 15) is 4.79 Å². The Labute approximate surface area is 130 Å². The predicted octanol–water partition coefficient (Wildman–Crippen LogP) is 2.72. The van der Waals surface area contributed by atoms with Crippen LogP contribution in [0.2, 0.25) is 0 Å². The summed E-state index contributed by atoms with van der Waals surface area (Å²) in [5.41, 5.74) is 3.45. The summed E-state index contributed by atoms with van der Waals surface area (Å²) in [6.45, 7) is 1.87. The normalized spacial score (nSPS) is 10.7. The Hall–Kier alpha value is -1.83. The van der Waals surface area contributed by atoms with Crippen LogP contribution in [-0.2, 0) is 4.79 Å². The van der Waals surface area contributed by atoms with Crippen LogP contribution in [-0.4, -0.2) is 18.7 Å². The van der Waals surface area contributed by atoms with Gasteiger partial charge in [-0.2, -0.15) is 5.10 Å². The van der Waals surface area contributed by atoms with E-state index in [2.05, 4.69) is 33.1 Å². The first-order valence-corrected chi connectivity index (χ1v) is 6.98. The molecule has 1 aromatic carbocycles. The number of benzene rings is 1. The van der Waals surface area contributed by atoms with Crippen molar-refractivity contribution in [1.29, 1.82) is 0 Å². The third-order valence-corrected chi connectivity index (χ3v) is 2.91. The summed E-state index contributed by atoms with van der Waals surface area (Å²) in [5.74, 6) is 0.906. The molecule has 0 fully saturated rings. The predicted molar refractivity (Wildman–Crippen MR) is 83.8 cm³/mol. The Kier molecular flexibility index (Phi) is 5.16. The summed E-state index contributed by atoms with van der Waals surface area (Å²) in [6.07, 6.45) is 1.44. The van der Waals surface area contributed by atoms with Gasteiger partial charge in [-0.05, 0) is 59.3 Å². The van der Waals surface area contributed by atoms with Crippen LogP contribution in [0.4, 0.5) is 0 Å². The monoisotopic (exact) mass is 384 g/mol. The van der Waals surface area contributed by atoms with Crippen molar-refractivity contribution in [3.8, 4) is 5.75 Å². The lowest BCUT2D eigenvalue weighted by atomic mass is 10.2. The van der Waals surface area contributed by atoms with E-state index in [-0.39, 0.29) is 12.5 Å². The highest BCUT2D eigenvalue weighted by atomic mass is 127. The number of carbonyl (C=O) groups is 1. The average Bonchev–Trinajstić information content (AvgIpc) is 2.82. The van der Waals surface area contributed by atoms with Gasteiger partial charge in [-0.15, -0.1) is 0 Å². The minimum atomic E-state index is -0.330. The molecular formula is C14H13IN2O3. The molecule has 0 saturated carbocycles. The fourth-order valence-electron chi connectivity index (χ4n) is 1.45. The molecule has 1 amide bonds. The zero-order valence-electron chi connectivity index (χ0n) is 10.8. The summed E-state index contributed by atoms with van der Waals surface area (Å²) in [6, 6.07) is 11.1. The van der Waals surface area contributed by atoms with Crippen LogP contribution in [0.25, 0.3) is 0 Å². The van der Waals surface area contributed by atoms with Gasteiger partial charge in [-0.1, -0.05) is 12.1 Å². The van der Waals surface area contributed by atoms with Gasteiger partial charge >= 0.3 is 0 Å². The molecule has 0 spiro atoms. The number of nitrogens with zero attached hydrogens (tertiary/aromatic N) is 1. The second-order valence-corrected chi connectivity index (χ2v) is 5.10. The molecule has 1 N–H and O–H groups in total. The first kappa shape index (κ1) is 14.6. The van der Waals surface area contributed by atoms with Crippen LogP contribution < -0.4 is 10.2 Å². The molecule has 1 aromatic heterocycles. The second-order valence-electron chi connectivity index (χ2n) is 4.04. The largest absolute Gasteiger partial charge is 0.484 e. The van der Waals surface area contributed by atoms with Gasteiger partial charge in [-0.25, -0.2) is 5.43 Å². The van der Waals surface area contributed by atoms with E-state index in [1.165, 1.54) is 6.21 Å². The number of rotatable bonds is 5. The molecular weight excluding hydrogens is 371 g/mol. The topological polar surface area (TPSA) is 63.8 Å². The summed E-state index contributed by atoms with van der Waals surface area (Å²) in [4.78, 5) is 11.5. The SMILES string of the molecule is Cc1cccc(OCC(=O)N/N=C/c2ccc(I)o2)c1. The molecule has 0 aliphatic carbocycles. The fourth-order valence-corrected chi connectivity index (χ4v) is 1.89. The molecule has 0 bridgehead atoms. The smallest absolute Gasteiger partial charge is 0.277 e. The van der Waals surface area contributed by atoms with Crippen molar-refractivity contribution in [2.24, 2.45) is 5.10 Å². The number of ether oxygens (including phenoxy) is 1. The standard InChI is InChI=1S/C14H13IN2O3/c1-10-3-2-4-11(7-10)19-9-14(18)17-16-8-12-5-6-13(15)20-12/h2-8H,9H2,1H3,(H,17,18)/b16-8+. The minimum Gasteiger partial charge on any atom is -0.484 e. The van der Waals surface area contributed by atoms with E-state index >= 15 is 0 Å². The van der Waals surface area contributed by atoms with Gasteiger partial charge in [0.1, 0.15) is 11.5 Å². The van der Waals surface area contributed by atoms with Gasteiger partial charge in [-0.3, -0.25) is 4.79 Å². The zero-order valence-corrected chi connectivity index (χ0v) is 13.0. The molecule has 0 saturated heterocycles. The van der Waals surface area contributed by atoms with Crippen molar-refractivity contribution in [3.63, 3.8) is 0 Å². The summed E-state index contributed by atoms with van der Waals surface area (Å²) < 4.78 is 11.4. The van der Waals surface area contributed by atoms with Crippen molar-refractivity contribution < 1.29 is 13.9 Å². The van der Waals surface area contributed by atoms with Gasteiger partial charge < -0.3 is 9.15 Å². The Balaban J connectivity index is 1.77. The Morgan fingerprint density at radius 1 is 1.45 bits per heavy atom. The molecule has 2 rings (SSSR count). The molecule has 2 aromatic rings. The first-order valence-electron chi connectivity index (χ1n) is 5.90. The number of halogens is 1. The minimum absolute atomic E-state index is 0.0868. The fraction of sp³-hybridized carbons (Fsp3) is 0.143. The van der Waals surface area contributed by atoms with E-state index in [4.69, 9.17) is 9.15 Å². The lowest BCUT2D eigenvalue weighted by Gasteiger charge is -2.05. The molecule has 0 atom stereocenters. The van der Waals surface area contributed by atoms with Crippen molar-refractivity contribution >= 4 is 34.7 Å². The number of aryl methyl sites for hydroxylation is 1. The number of furan rings is 1. The van der Waals surface area contributed by atoms with Crippen LogP contribution in [0, 0.1) is 10.7 Å². The highest BCUT2D eigenvalue weighted by Crippen LogP contribution is 2.11. The third kappa shape index (κ3) is 4.69. The Bertz CT molecular complexity index is 622. The van der Waals surface area contributed by atoms with Crippen LogP contribution in [0.15, 0.2) is 45.9 Å². The van der Waals surface area contributed by atoms with E-state index < -0.39 is 0 Å². The van der Waals surface area contributed by atoms with Crippen molar-refractivity contribution in [2.45, 2.75) is 6.92 Å². The van der Waals surface area contributed by atoms with Crippen molar-refractivity contribution in [1.82, 2.24) is 5.43 Å². The maximum Gasteiger partial charge on any atom is 0.277 e. The number of hydrogen-bond acceptors (Lipinski definition) is 4. The second kappa shape index (κ2) is 7.09. The summed E-state index contributed by atoms with van der Waals surface area (Å²) in [5, 5.41) is 3.78. The van der Waals surface area contributed by atoms with E-state index in [0.29, 0.717) is 11.5 Å². The summed E-state index contributed by atoms with van der Waals surface area (Å²) >= 11 is 2.05. The molecule has 1 heterocycles. The number of carbonyl (C=O) groups excluding carboxylic acids is 1. The van der Waals surface area contributed by atoms with Crippen molar-refractivity contribution in [2.75, 3.05) is 6.61 Å². The highest BCUT2D eigenvalue weighted by Gasteiger charge is 2.01. The van der Waals surface area contributed by atoms with Crippen LogP contribution in [0.5, 0.6) is 5.75 Å². The van der Waals surface area contributed by atoms with Crippen LogP contribution in [0.3, 0.4) is 0 Å². The molecule has 0 aliphatic heterocycles. The maximum atomic E-state index is 11.5. The number of hydrogen-bond donors (Lipinski definition) is 1. The molecule has 104 valence electrons. The van der Waals surface area contributed by atoms with E-state index in [1.807, 2.05) is 31.2 Å². The van der Waals surface area contributed by atoms with Gasteiger partial charge in [0.25, 0.3) is 5.91 Å². The zero-order chi connectivity index (χ0) is 14.4. The lowest BCUT2D eigenvalue weighted by Crippen LogP contribution is -2.24. The van der Waals surface area contributed by atoms with Gasteiger partial charge in [0, 0.05) is 0 Å². The van der Waals surface area contributed by atoms with Crippen molar-refractivity contribution in [3.05, 3.63) is 51.5 Å². The maximum absolute atomic E-state index is 11.5. The summed E-state index contributed by atoms with van der Waals surface area (Å²) in [7, 11) is 0.